The molecule has 1 aromatic carbocycles. The van der Waals surface area contributed by atoms with E-state index >= 15 is 0 Å². The molecule has 2 nitrogen and oxygen atoms in total. The van der Waals surface area contributed by atoms with Gasteiger partial charge in [0.25, 0.3) is 0 Å². The fourth-order valence-corrected chi connectivity index (χ4v) is 1.78. The van der Waals surface area contributed by atoms with Crippen molar-refractivity contribution in [1.82, 2.24) is 4.57 Å². The Labute approximate surface area is 94.8 Å². The van der Waals surface area contributed by atoms with Crippen molar-refractivity contribution in [2.75, 3.05) is 0 Å². The maximum absolute atomic E-state index is 10.9. The van der Waals surface area contributed by atoms with Crippen LogP contribution in [0.2, 0.25) is 0 Å². The molecule has 0 radical (unpaired) electrons. The number of rotatable bonds is 4. The molecular weight excluding hydrogens is 198 g/mol. The summed E-state index contributed by atoms with van der Waals surface area (Å²) in [7, 11) is 0. The highest BCUT2D eigenvalue weighted by Gasteiger charge is 2.05. The number of hydrogen-bond acceptors (Lipinski definition) is 1. The normalized spacial score (nSPS) is 10.0. The quantitative estimate of drug-likeness (QED) is 0.563. The van der Waals surface area contributed by atoms with Gasteiger partial charge in [-0.05, 0) is 30.2 Å². The van der Waals surface area contributed by atoms with Crippen LogP contribution in [0.15, 0.2) is 55.3 Å². The lowest BCUT2D eigenvalue weighted by atomic mass is 10.1. The van der Waals surface area contributed by atoms with E-state index in [0.29, 0.717) is 5.69 Å². The molecule has 0 fully saturated rings. The zero-order valence-electron chi connectivity index (χ0n) is 8.97. The lowest BCUT2D eigenvalue weighted by Crippen LogP contribution is -2.01. The molecule has 16 heavy (non-hydrogen) atoms. The smallest absolute Gasteiger partial charge is 0.166 e. The molecule has 0 unspecified atom stereocenters. The van der Waals surface area contributed by atoms with Crippen LogP contribution in [0.25, 0.3) is 5.69 Å². The first kappa shape index (κ1) is 10.4. The minimum Gasteiger partial charge on any atom is -0.314 e. The minimum absolute atomic E-state index is 0.663. The van der Waals surface area contributed by atoms with E-state index < -0.39 is 0 Å². The monoisotopic (exact) mass is 211 g/mol. The van der Waals surface area contributed by atoms with Gasteiger partial charge in [0, 0.05) is 11.9 Å². The Kier molecular flexibility index (Phi) is 3.01. The Morgan fingerprint density at radius 3 is 2.75 bits per heavy atom. The Balaban J connectivity index is 2.54. The zero-order valence-corrected chi connectivity index (χ0v) is 8.97. The predicted molar refractivity (Wildman–Crippen MR) is 65.1 cm³/mol. The summed E-state index contributed by atoms with van der Waals surface area (Å²) >= 11 is 0. The topological polar surface area (TPSA) is 22.0 Å². The first-order valence-corrected chi connectivity index (χ1v) is 5.18. The fraction of sp³-hybridized carbons (Fsp3) is 0.0714. The molecule has 0 bridgehead atoms. The zero-order chi connectivity index (χ0) is 11.4. The Bertz CT molecular complexity index is 511. The van der Waals surface area contributed by atoms with Crippen LogP contribution in [0.1, 0.15) is 16.1 Å². The van der Waals surface area contributed by atoms with Gasteiger partial charge in [-0.15, -0.1) is 6.58 Å². The van der Waals surface area contributed by atoms with Gasteiger partial charge < -0.3 is 4.57 Å². The molecule has 2 aromatic rings. The highest BCUT2D eigenvalue weighted by molar-refractivity contribution is 5.74. The van der Waals surface area contributed by atoms with Crippen LogP contribution in [0.3, 0.4) is 0 Å². The summed E-state index contributed by atoms with van der Waals surface area (Å²) in [5.41, 5.74) is 2.86. The third-order valence-electron chi connectivity index (χ3n) is 2.52. The molecule has 0 N–H and O–H groups in total. The lowest BCUT2D eigenvalue weighted by molar-refractivity contribution is 0.111. The summed E-state index contributed by atoms with van der Waals surface area (Å²) in [6.45, 7) is 3.74. The fourth-order valence-electron chi connectivity index (χ4n) is 1.78. The van der Waals surface area contributed by atoms with Crippen molar-refractivity contribution in [2.24, 2.45) is 0 Å². The highest BCUT2D eigenvalue weighted by Crippen LogP contribution is 2.17. The van der Waals surface area contributed by atoms with Crippen molar-refractivity contribution < 1.29 is 4.79 Å². The van der Waals surface area contributed by atoms with Crippen LogP contribution in [0, 0.1) is 0 Å². The summed E-state index contributed by atoms with van der Waals surface area (Å²) < 4.78 is 1.89. The summed E-state index contributed by atoms with van der Waals surface area (Å²) in [5.74, 6) is 0. The summed E-state index contributed by atoms with van der Waals surface area (Å²) in [4.78, 5) is 10.9. The third-order valence-corrected chi connectivity index (χ3v) is 2.52. The van der Waals surface area contributed by atoms with Gasteiger partial charge in [0.05, 0.1) is 5.69 Å². The molecule has 0 aliphatic carbocycles. The van der Waals surface area contributed by atoms with E-state index in [9.17, 15) is 4.79 Å². The van der Waals surface area contributed by atoms with Crippen LogP contribution >= 0.6 is 0 Å². The van der Waals surface area contributed by atoms with E-state index in [2.05, 4.69) is 6.58 Å². The largest absolute Gasteiger partial charge is 0.314 e. The van der Waals surface area contributed by atoms with Crippen LogP contribution in [0.4, 0.5) is 0 Å². The van der Waals surface area contributed by atoms with Crippen molar-refractivity contribution in [3.63, 3.8) is 0 Å². The van der Waals surface area contributed by atoms with E-state index in [1.807, 2.05) is 47.2 Å². The van der Waals surface area contributed by atoms with Crippen LogP contribution in [0.5, 0.6) is 0 Å². The molecule has 0 saturated heterocycles. The maximum atomic E-state index is 10.9. The van der Waals surface area contributed by atoms with Gasteiger partial charge >= 0.3 is 0 Å². The lowest BCUT2D eigenvalue weighted by Gasteiger charge is -2.10. The summed E-state index contributed by atoms with van der Waals surface area (Å²) in [5, 5.41) is 0. The van der Waals surface area contributed by atoms with Gasteiger partial charge in [0.2, 0.25) is 0 Å². The van der Waals surface area contributed by atoms with Gasteiger partial charge in [0.1, 0.15) is 0 Å². The Morgan fingerprint density at radius 2 is 2.00 bits per heavy atom. The van der Waals surface area contributed by atoms with E-state index in [-0.39, 0.29) is 0 Å². The summed E-state index contributed by atoms with van der Waals surface area (Å²) in [6.07, 6.45) is 5.42. The number of aromatic nitrogens is 1. The minimum atomic E-state index is 0.663. The van der Waals surface area contributed by atoms with Gasteiger partial charge in [-0.2, -0.15) is 0 Å². The molecule has 0 atom stereocenters. The van der Waals surface area contributed by atoms with E-state index in [1.54, 1.807) is 6.07 Å². The second-order valence-corrected chi connectivity index (χ2v) is 3.54. The SMILES string of the molecule is C=CCc1ccccc1-n1cccc1C=O. The van der Waals surface area contributed by atoms with Crippen molar-refractivity contribution in [3.05, 3.63) is 66.5 Å². The number of carbonyl (C=O) groups excluding carboxylic acids is 1. The molecule has 0 aliphatic heterocycles. The second kappa shape index (κ2) is 4.62. The van der Waals surface area contributed by atoms with Crippen molar-refractivity contribution in [1.29, 1.82) is 0 Å². The van der Waals surface area contributed by atoms with Gasteiger partial charge in [-0.25, -0.2) is 0 Å². The molecular formula is C14H13NO. The van der Waals surface area contributed by atoms with Crippen LogP contribution < -0.4 is 0 Å². The number of nitrogens with zero attached hydrogens (tertiary/aromatic N) is 1. The van der Waals surface area contributed by atoms with E-state index in [4.69, 9.17) is 0 Å². The second-order valence-electron chi connectivity index (χ2n) is 3.54. The van der Waals surface area contributed by atoms with Crippen molar-refractivity contribution in [2.45, 2.75) is 6.42 Å². The van der Waals surface area contributed by atoms with Gasteiger partial charge in [0.15, 0.2) is 6.29 Å². The van der Waals surface area contributed by atoms with Gasteiger partial charge in [-0.1, -0.05) is 24.3 Å². The predicted octanol–water partition coefficient (Wildman–Crippen LogP) is 3.02. The van der Waals surface area contributed by atoms with Crippen LogP contribution in [-0.2, 0) is 6.42 Å². The molecule has 2 heteroatoms. The molecule has 0 amide bonds. The van der Waals surface area contributed by atoms with E-state index in [1.165, 1.54) is 0 Å². The maximum Gasteiger partial charge on any atom is 0.166 e. The number of benzene rings is 1. The van der Waals surface area contributed by atoms with Crippen LogP contribution in [-0.4, -0.2) is 10.9 Å². The van der Waals surface area contributed by atoms with Crippen molar-refractivity contribution >= 4 is 6.29 Å². The number of allylic oxidation sites excluding steroid dienone is 1. The number of aldehydes is 1. The Morgan fingerprint density at radius 1 is 1.19 bits per heavy atom. The number of para-hydroxylation sites is 1. The summed E-state index contributed by atoms with van der Waals surface area (Å²) in [6, 6.07) is 11.7. The Hall–Kier alpha value is -2.09. The molecule has 0 spiro atoms. The molecule has 0 aliphatic rings. The average Bonchev–Trinajstić information content (AvgIpc) is 2.78. The molecule has 80 valence electrons. The van der Waals surface area contributed by atoms with Gasteiger partial charge in [-0.3, -0.25) is 4.79 Å². The number of carbonyl (C=O) groups is 1. The first-order chi connectivity index (χ1) is 7.86. The molecule has 1 aromatic heterocycles. The highest BCUT2D eigenvalue weighted by atomic mass is 16.1. The third kappa shape index (κ3) is 1.82. The first-order valence-electron chi connectivity index (χ1n) is 5.18. The molecule has 1 heterocycles. The number of hydrogen-bond donors (Lipinski definition) is 0. The van der Waals surface area contributed by atoms with Crippen molar-refractivity contribution in [3.8, 4) is 5.69 Å². The average molecular weight is 211 g/mol. The van der Waals surface area contributed by atoms with E-state index in [0.717, 1.165) is 24.0 Å². The molecule has 0 saturated carbocycles. The standard InChI is InChI=1S/C14H13NO/c1-2-6-12-7-3-4-9-14(12)15-10-5-8-13(15)11-16/h2-5,7-11H,1,6H2. The molecule has 2 rings (SSSR count).